The molecule has 1 aliphatic heterocycles. The first-order valence-corrected chi connectivity index (χ1v) is 7.87. The van der Waals surface area contributed by atoms with E-state index in [0.717, 1.165) is 12.3 Å². The van der Waals surface area contributed by atoms with Crippen LogP contribution in [-0.2, 0) is 4.79 Å². The van der Waals surface area contributed by atoms with E-state index < -0.39 is 5.97 Å². The highest BCUT2D eigenvalue weighted by atomic mass is 32.2. The summed E-state index contributed by atoms with van der Waals surface area (Å²) >= 11 is 1.90. The van der Waals surface area contributed by atoms with Crippen LogP contribution in [0.4, 0.5) is 4.79 Å². The van der Waals surface area contributed by atoms with Crippen molar-refractivity contribution in [2.24, 2.45) is 5.92 Å². The second-order valence-corrected chi connectivity index (χ2v) is 6.61. The van der Waals surface area contributed by atoms with Gasteiger partial charge in [0.15, 0.2) is 0 Å². The monoisotopic (exact) mass is 288 g/mol. The highest BCUT2D eigenvalue weighted by Crippen LogP contribution is 2.23. The largest absolute Gasteiger partial charge is 0.481 e. The second kappa shape index (κ2) is 7.62. The van der Waals surface area contributed by atoms with Crippen molar-refractivity contribution in [1.29, 1.82) is 0 Å². The Kier molecular flexibility index (Phi) is 6.48. The molecule has 19 heavy (non-hydrogen) atoms. The van der Waals surface area contributed by atoms with Gasteiger partial charge in [0.1, 0.15) is 0 Å². The highest BCUT2D eigenvalue weighted by Gasteiger charge is 2.28. The van der Waals surface area contributed by atoms with Gasteiger partial charge >= 0.3 is 12.0 Å². The standard InChI is InChI=1S/C13H24N2O3S/c1-9(12(16)17)5-4-6-14-13(18)15-7-8-19-11(3)10(15)2/h9-11H,4-8H2,1-3H3,(H,14,18)(H,16,17). The zero-order valence-electron chi connectivity index (χ0n) is 11.9. The Morgan fingerprint density at radius 2 is 2.16 bits per heavy atom. The van der Waals surface area contributed by atoms with Crippen LogP contribution in [0.5, 0.6) is 0 Å². The molecule has 1 saturated heterocycles. The van der Waals surface area contributed by atoms with Crippen LogP contribution in [0.1, 0.15) is 33.6 Å². The summed E-state index contributed by atoms with van der Waals surface area (Å²) in [4.78, 5) is 24.6. The number of nitrogens with one attached hydrogen (secondary N) is 1. The summed E-state index contributed by atoms with van der Waals surface area (Å²) < 4.78 is 0. The molecule has 6 heteroatoms. The molecule has 0 aromatic rings. The molecule has 2 N–H and O–H groups in total. The van der Waals surface area contributed by atoms with Gasteiger partial charge in [-0.3, -0.25) is 4.79 Å². The maximum absolute atomic E-state index is 12.0. The van der Waals surface area contributed by atoms with E-state index in [2.05, 4.69) is 19.2 Å². The van der Waals surface area contributed by atoms with Crippen LogP contribution >= 0.6 is 11.8 Å². The Morgan fingerprint density at radius 1 is 1.47 bits per heavy atom. The van der Waals surface area contributed by atoms with Crippen LogP contribution in [-0.4, -0.2) is 52.1 Å². The van der Waals surface area contributed by atoms with Crippen LogP contribution in [0.3, 0.4) is 0 Å². The summed E-state index contributed by atoms with van der Waals surface area (Å²) in [6.07, 6.45) is 1.29. The van der Waals surface area contributed by atoms with Crippen LogP contribution in [0.2, 0.25) is 0 Å². The zero-order chi connectivity index (χ0) is 14.4. The fraction of sp³-hybridized carbons (Fsp3) is 0.846. The van der Waals surface area contributed by atoms with E-state index in [0.29, 0.717) is 24.6 Å². The molecule has 1 rings (SSSR count). The number of aliphatic carboxylic acids is 1. The van der Waals surface area contributed by atoms with Crippen molar-refractivity contribution in [1.82, 2.24) is 10.2 Å². The van der Waals surface area contributed by atoms with E-state index in [9.17, 15) is 9.59 Å². The van der Waals surface area contributed by atoms with E-state index in [1.165, 1.54) is 0 Å². The van der Waals surface area contributed by atoms with Crippen LogP contribution in [0, 0.1) is 5.92 Å². The number of carbonyl (C=O) groups is 2. The summed E-state index contributed by atoms with van der Waals surface area (Å²) in [5.74, 6) is -0.140. The number of hydrogen-bond acceptors (Lipinski definition) is 3. The molecule has 0 aromatic heterocycles. The predicted octanol–water partition coefficient (Wildman–Crippen LogP) is 2.02. The van der Waals surface area contributed by atoms with Crippen molar-refractivity contribution >= 4 is 23.8 Å². The molecule has 5 nitrogen and oxygen atoms in total. The number of carbonyl (C=O) groups excluding carboxylic acids is 1. The lowest BCUT2D eigenvalue weighted by atomic mass is 10.1. The van der Waals surface area contributed by atoms with Gasteiger partial charge in [-0.15, -0.1) is 0 Å². The summed E-state index contributed by atoms with van der Waals surface area (Å²) in [5, 5.41) is 12.1. The van der Waals surface area contributed by atoms with E-state index >= 15 is 0 Å². The van der Waals surface area contributed by atoms with Gasteiger partial charge in [-0.05, 0) is 19.8 Å². The van der Waals surface area contributed by atoms with Crippen LogP contribution in [0.25, 0.3) is 0 Å². The van der Waals surface area contributed by atoms with E-state index in [1.54, 1.807) is 6.92 Å². The Labute approximate surface area is 119 Å². The van der Waals surface area contributed by atoms with Crippen molar-refractivity contribution in [3.63, 3.8) is 0 Å². The molecule has 0 aromatic carbocycles. The zero-order valence-corrected chi connectivity index (χ0v) is 12.7. The minimum Gasteiger partial charge on any atom is -0.481 e. The molecule has 1 aliphatic rings. The van der Waals surface area contributed by atoms with Gasteiger partial charge in [-0.2, -0.15) is 11.8 Å². The molecular formula is C13H24N2O3S. The van der Waals surface area contributed by atoms with Crippen molar-refractivity contribution in [2.75, 3.05) is 18.8 Å². The first-order chi connectivity index (χ1) is 8.93. The fourth-order valence-corrected chi connectivity index (χ4v) is 3.15. The Balaban J connectivity index is 2.25. The smallest absolute Gasteiger partial charge is 0.317 e. The summed E-state index contributed by atoms with van der Waals surface area (Å²) in [7, 11) is 0. The van der Waals surface area contributed by atoms with Crippen molar-refractivity contribution in [3.05, 3.63) is 0 Å². The minimum atomic E-state index is -0.776. The van der Waals surface area contributed by atoms with Gasteiger partial charge in [0.25, 0.3) is 0 Å². The van der Waals surface area contributed by atoms with Gasteiger partial charge in [-0.25, -0.2) is 4.79 Å². The molecule has 0 saturated carbocycles. The Morgan fingerprint density at radius 3 is 2.79 bits per heavy atom. The maximum Gasteiger partial charge on any atom is 0.317 e. The van der Waals surface area contributed by atoms with Crippen molar-refractivity contribution in [2.45, 2.75) is 44.9 Å². The highest BCUT2D eigenvalue weighted by molar-refractivity contribution is 8.00. The van der Waals surface area contributed by atoms with Gasteiger partial charge in [-0.1, -0.05) is 13.8 Å². The van der Waals surface area contributed by atoms with Crippen molar-refractivity contribution < 1.29 is 14.7 Å². The molecule has 0 bridgehead atoms. The number of urea groups is 1. The third kappa shape index (κ3) is 4.93. The number of nitrogens with zero attached hydrogens (tertiary/aromatic N) is 1. The second-order valence-electron chi connectivity index (χ2n) is 5.12. The first kappa shape index (κ1) is 16.1. The molecule has 1 heterocycles. The molecule has 0 radical (unpaired) electrons. The third-order valence-corrected chi connectivity index (χ3v) is 4.99. The fourth-order valence-electron chi connectivity index (χ4n) is 2.05. The predicted molar refractivity (Wildman–Crippen MR) is 77.5 cm³/mol. The molecule has 110 valence electrons. The van der Waals surface area contributed by atoms with Gasteiger partial charge in [0.05, 0.1) is 5.92 Å². The number of carboxylic acids is 1. The average Bonchev–Trinajstić information content (AvgIpc) is 2.37. The normalized spacial score (nSPS) is 24.9. The summed E-state index contributed by atoms with van der Waals surface area (Å²) in [5.41, 5.74) is 0. The number of hydrogen-bond donors (Lipinski definition) is 2. The molecule has 3 unspecified atom stereocenters. The third-order valence-electron chi connectivity index (χ3n) is 3.66. The van der Waals surface area contributed by atoms with Gasteiger partial charge in [0, 0.05) is 30.1 Å². The lowest BCUT2D eigenvalue weighted by molar-refractivity contribution is -0.141. The molecule has 0 spiro atoms. The molecular weight excluding hydrogens is 264 g/mol. The van der Waals surface area contributed by atoms with Crippen molar-refractivity contribution in [3.8, 4) is 0 Å². The van der Waals surface area contributed by atoms with Gasteiger partial charge < -0.3 is 15.3 Å². The average molecular weight is 288 g/mol. The molecule has 1 fully saturated rings. The molecule has 0 aliphatic carbocycles. The lowest BCUT2D eigenvalue weighted by Crippen LogP contribution is -2.52. The number of rotatable bonds is 5. The van der Waals surface area contributed by atoms with Crippen LogP contribution < -0.4 is 5.32 Å². The van der Waals surface area contributed by atoms with E-state index in [4.69, 9.17) is 5.11 Å². The topological polar surface area (TPSA) is 69.6 Å². The lowest BCUT2D eigenvalue weighted by Gasteiger charge is -2.37. The summed E-state index contributed by atoms with van der Waals surface area (Å²) in [6, 6.07) is 0.222. The Hall–Kier alpha value is -0.910. The van der Waals surface area contributed by atoms with Crippen LogP contribution in [0.15, 0.2) is 0 Å². The number of thioether (sulfide) groups is 1. The number of carboxylic acid groups (broad SMARTS) is 1. The summed E-state index contributed by atoms with van der Waals surface area (Å²) in [6.45, 7) is 7.23. The number of amides is 2. The first-order valence-electron chi connectivity index (χ1n) is 6.82. The molecule has 3 atom stereocenters. The molecule has 2 amide bonds. The van der Waals surface area contributed by atoms with E-state index in [1.807, 2.05) is 16.7 Å². The minimum absolute atomic E-state index is 0.0253. The SMILES string of the molecule is CC(CCCNC(=O)N1CCSC(C)C1C)C(=O)O. The Bertz CT molecular complexity index is 325. The maximum atomic E-state index is 12.0. The quantitative estimate of drug-likeness (QED) is 0.759. The van der Waals surface area contributed by atoms with E-state index in [-0.39, 0.29) is 18.0 Å². The van der Waals surface area contributed by atoms with Gasteiger partial charge in [0.2, 0.25) is 0 Å².